The highest BCUT2D eigenvalue weighted by Gasteiger charge is 1.99. The van der Waals surface area contributed by atoms with Crippen molar-refractivity contribution in [3.63, 3.8) is 0 Å². The molecule has 0 aromatic heterocycles. The molecule has 0 bridgehead atoms. The van der Waals surface area contributed by atoms with E-state index in [1.807, 2.05) is 6.92 Å². The number of carboxylic acid groups (broad SMARTS) is 1. The molecular formula is C8H12O3. The second-order valence-corrected chi connectivity index (χ2v) is 2.03. The third-order valence-electron chi connectivity index (χ3n) is 1.04. The van der Waals surface area contributed by atoms with Gasteiger partial charge in [0.1, 0.15) is 5.76 Å². The van der Waals surface area contributed by atoms with Gasteiger partial charge in [0.15, 0.2) is 0 Å². The summed E-state index contributed by atoms with van der Waals surface area (Å²) in [5.41, 5.74) is 0.225. The fourth-order valence-corrected chi connectivity index (χ4v) is 0.530. The molecule has 1 N–H and O–H groups in total. The van der Waals surface area contributed by atoms with E-state index in [4.69, 9.17) is 9.84 Å². The Morgan fingerprint density at radius 1 is 1.73 bits per heavy atom. The maximum Gasteiger partial charge on any atom is 0.331 e. The summed E-state index contributed by atoms with van der Waals surface area (Å²) in [4.78, 5) is 10.3. The van der Waals surface area contributed by atoms with E-state index in [0.717, 1.165) is 0 Å². The Bertz CT molecular complexity index is 192. The number of ether oxygens (including phenoxy) is 1. The van der Waals surface area contributed by atoms with Crippen LogP contribution in [0.25, 0.3) is 0 Å². The number of hydrogen-bond acceptors (Lipinski definition) is 2. The molecular weight excluding hydrogens is 144 g/mol. The molecule has 0 rings (SSSR count). The van der Waals surface area contributed by atoms with Gasteiger partial charge in [0.2, 0.25) is 0 Å². The average Bonchev–Trinajstić information content (AvgIpc) is 1.87. The number of carbonyl (C=O) groups is 1. The summed E-state index contributed by atoms with van der Waals surface area (Å²) in [6.07, 6.45) is 1.39. The summed E-state index contributed by atoms with van der Waals surface area (Å²) in [7, 11) is 0. The van der Waals surface area contributed by atoms with Crippen molar-refractivity contribution in [2.45, 2.75) is 13.8 Å². The number of carboxylic acids is 1. The molecule has 0 amide bonds. The number of aliphatic carboxylic acids is 1. The van der Waals surface area contributed by atoms with Crippen molar-refractivity contribution in [1.29, 1.82) is 0 Å². The molecule has 0 aromatic rings. The first-order valence-electron chi connectivity index (χ1n) is 3.31. The summed E-state index contributed by atoms with van der Waals surface area (Å²) in [5.74, 6) is -0.571. The lowest BCUT2D eigenvalue weighted by Gasteiger charge is -2.00. The largest absolute Gasteiger partial charge is 0.494 e. The van der Waals surface area contributed by atoms with E-state index in [1.165, 1.54) is 13.0 Å². The molecule has 0 aliphatic heterocycles. The SMILES string of the molecule is C=C(C=C(C)C(=O)O)OCC. The Morgan fingerprint density at radius 3 is 2.64 bits per heavy atom. The molecule has 0 unspecified atom stereocenters. The zero-order chi connectivity index (χ0) is 8.85. The van der Waals surface area contributed by atoms with Gasteiger partial charge in [-0.3, -0.25) is 0 Å². The van der Waals surface area contributed by atoms with E-state index in [-0.39, 0.29) is 5.57 Å². The van der Waals surface area contributed by atoms with E-state index in [1.54, 1.807) is 0 Å². The number of rotatable bonds is 4. The zero-order valence-corrected chi connectivity index (χ0v) is 6.76. The lowest BCUT2D eigenvalue weighted by molar-refractivity contribution is -0.132. The molecule has 0 atom stereocenters. The van der Waals surface area contributed by atoms with Gasteiger partial charge >= 0.3 is 5.97 Å². The maximum absolute atomic E-state index is 10.3. The highest BCUT2D eigenvalue weighted by atomic mass is 16.5. The van der Waals surface area contributed by atoms with E-state index in [2.05, 4.69) is 6.58 Å². The molecule has 3 heteroatoms. The van der Waals surface area contributed by atoms with Crippen LogP contribution < -0.4 is 0 Å². The molecule has 11 heavy (non-hydrogen) atoms. The van der Waals surface area contributed by atoms with Gasteiger partial charge in [-0.05, 0) is 19.9 Å². The molecule has 0 heterocycles. The third kappa shape index (κ3) is 4.19. The van der Waals surface area contributed by atoms with Crippen LogP contribution in [0.5, 0.6) is 0 Å². The Hall–Kier alpha value is -1.25. The normalized spacial score (nSPS) is 10.9. The summed E-state index contributed by atoms with van der Waals surface area (Å²) in [6, 6.07) is 0. The average molecular weight is 156 g/mol. The third-order valence-corrected chi connectivity index (χ3v) is 1.04. The van der Waals surface area contributed by atoms with E-state index in [0.29, 0.717) is 12.4 Å². The predicted molar refractivity (Wildman–Crippen MR) is 42.2 cm³/mol. The summed E-state index contributed by atoms with van der Waals surface area (Å²) >= 11 is 0. The standard InChI is InChI=1S/C8H12O3/c1-4-11-7(3)5-6(2)8(9)10/h5H,3-4H2,1-2H3,(H,9,10). The van der Waals surface area contributed by atoms with E-state index in [9.17, 15) is 4.79 Å². The van der Waals surface area contributed by atoms with Crippen molar-refractivity contribution in [2.75, 3.05) is 6.61 Å². The summed E-state index contributed by atoms with van der Waals surface area (Å²) in [5, 5.41) is 8.43. The van der Waals surface area contributed by atoms with Gasteiger partial charge in [-0.2, -0.15) is 0 Å². The minimum absolute atomic E-state index is 0.225. The Labute approximate surface area is 66.0 Å². The first kappa shape index (κ1) is 9.75. The first-order chi connectivity index (χ1) is 5.07. The van der Waals surface area contributed by atoms with E-state index < -0.39 is 5.97 Å². The molecule has 0 aliphatic carbocycles. The van der Waals surface area contributed by atoms with Crippen LogP contribution in [-0.4, -0.2) is 17.7 Å². The Balaban J connectivity index is 4.08. The van der Waals surface area contributed by atoms with Crippen LogP contribution in [-0.2, 0) is 9.53 Å². The fraction of sp³-hybridized carbons (Fsp3) is 0.375. The van der Waals surface area contributed by atoms with Gasteiger partial charge in [-0.25, -0.2) is 4.79 Å². The second kappa shape index (κ2) is 4.55. The molecule has 0 aliphatic rings. The van der Waals surface area contributed by atoms with Crippen molar-refractivity contribution in [3.8, 4) is 0 Å². The lowest BCUT2D eigenvalue weighted by atomic mass is 10.3. The van der Waals surface area contributed by atoms with Crippen LogP contribution in [0.1, 0.15) is 13.8 Å². The lowest BCUT2D eigenvalue weighted by Crippen LogP contribution is -1.97. The smallest absolute Gasteiger partial charge is 0.331 e. The molecule has 0 saturated heterocycles. The van der Waals surface area contributed by atoms with Crippen LogP contribution in [0.3, 0.4) is 0 Å². The maximum atomic E-state index is 10.3. The quantitative estimate of drug-likeness (QED) is 0.381. The van der Waals surface area contributed by atoms with Gasteiger partial charge in [-0.1, -0.05) is 6.58 Å². The molecule has 0 saturated carbocycles. The molecule has 62 valence electrons. The highest BCUT2D eigenvalue weighted by molar-refractivity contribution is 5.86. The first-order valence-corrected chi connectivity index (χ1v) is 3.31. The molecule has 3 nitrogen and oxygen atoms in total. The van der Waals surface area contributed by atoms with Crippen LogP contribution in [0.2, 0.25) is 0 Å². The van der Waals surface area contributed by atoms with Crippen molar-refractivity contribution in [1.82, 2.24) is 0 Å². The van der Waals surface area contributed by atoms with Gasteiger partial charge < -0.3 is 9.84 Å². The van der Waals surface area contributed by atoms with Crippen LogP contribution in [0.4, 0.5) is 0 Å². The Morgan fingerprint density at radius 2 is 2.27 bits per heavy atom. The van der Waals surface area contributed by atoms with Crippen molar-refractivity contribution < 1.29 is 14.6 Å². The minimum atomic E-state index is -0.953. The van der Waals surface area contributed by atoms with Gasteiger partial charge in [0, 0.05) is 5.57 Å². The predicted octanol–water partition coefficient (Wildman–Crippen LogP) is 1.57. The molecule has 0 radical (unpaired) electrons. The summed E-state index contributed by atoms with van der Waals surface area (Å²) in [6.45, 7) is 7.31. The molecule has 0 spiro atoms. The zero-order valence-electron chi connectivity index (χ0n) is 6.76. The number of allylic oxidation sites excluding steroid dienone is 1. The Kier molecular flexibility index (Phi) is 4.03. The second-order valence-electron chi connectivity index (χ2n) is 2.03. The van der Waals surface area contributed by atoms with Gasteiger partial charge in [0.05, 0.1) is 6.61 Å². The number of hydrogen-bond donors (Lipinski definition) is 1. The fourth-order valence-electron chi connectivity index (χ4n) is 0.530. The van der Waals surface area contributed by atoms with Crippen LogP contribution >= 0.6 is 0 Å². The van der Waals surface area contributed by atoms with Crippen LogP contribution in [0.15, 0.2) is 24.0 Å². The van der Waals surface area contributed by atoms with Crippen molar-refractivity contribution in [3.05, 3.63) is 24.0 Å². The monoisotopic (exact) mass is 156 g/mol. The van der Waals surface area contributed by atoms with Gasteiger partial charge in [0.25, 0.3) is 0 Å². The highest BCUT2D eigenvalue weighted by Crippen LogP contribution is 2.01. The van der Waals surface area contributed by atoms with Crippen LogP contribution in [0, 0.1) is 0 Å². The topological polar surface area (TPSA) is 46.5 Å². The molecule has 0 aromatic carbocycles. The van der Waals surface area contributed by atoms with Crippen molar-refractivity contribution >= 4 is 5.97 Å². The van der Waals surface area contributed by atoms with Gasteiger partial charge in [-0.15, -0.1) is 0 Å². The molecule has 0 fully saturated rings. The summed E-state index contributed by atoms with van der Waals surface area (Å²) < 4.78 is 4.93. The van der Waals surface area contributed by atoms with E-state index >= 15 is 0 Å². The minimum Gasteiger partial charge on any atom is -0.494 e. The van der Waals surface area contributed by atoms with Crippen molar-refractivity contribution in [2.24, 2.45) is 0 Å².